The van der Waals surface area contributed by atoms with E-state index in [0.29, 0.717) is 6.61 Å². The molecular weight excluding hydrogens is 154 g/mol. The number of nitrogens with zero attached hydrogens (tertiary/aromatic N) is 1. The highest BCUT2D eigenvalue weighted by Crippen LogP contribution is 2.32. The van der Waals surface area contributed by atoms with Gasteiger partial charge in [0.2, 0.25) is 0 Å². The highest BCUT2D eigenvalue weighted by Gasteiger charge is 2.41. The molecule has 0 saturated carbocycles. The average Bonchev–Trinajstić information content (AvgIpc) is 2.31. The number of nitriles is 1. The largest absolute Gasteiger partial charge is 0.348 e. The summed E-state index contributed by atoms with van der Waals surface area (Å²) in [7, 11) is 0. The van der Waals surface area contributed by atoms with Crippen LogP contribution in [0.25, 0.3) is 0 Å². The molecule has 3 nitrogen and oxygen atoms in total. The molecule has 0 aliphatic carbocycles. The van der Waals surface area contributed by atoms with Crippen LogP contribution in [0.1, 0.15) is 27.7 Å². The summed E-state index contributed by atoms with van der Waals surface area (Å²) in [5.41, 5.74) is -0.465. The molecule has 1 rings (SSSR count). The van der Waals surface area contributed by atoms with Gasteiger partial charge in [0.05, 0.1) is 18.1 Å². The summed E-state index contributed by atoms with van der Waals surface area (Å²) in [5, 5.41) is 8.84. The average molecular weight is 169 g/mol. The van der Waals surface area contributed by atoms with Crippen LogP contribution in [-0.4, -0.2) is 18.5 Å². The summed E-state index contributed by atoms with van der Waals surface area (Å²) >= 11 is 0. The molecule has 0 aromatic carbocycles. The molecule has 68 valence electrons. The fourth-order valence-electron chi connectivity index (χ4n) is 1.11. The SMILES string of the molecule is CC1(C)OCC(C(C)(C)C#N)O1. The fraction of sp³-hybridized carbons (Fsp3) is 0.889. The normalized spacial score (nSPS) is 28.4. The Balaban J connectivity index is 2.66. The van der Waals surface area contributed by atoms with Crippen molar-refractivity contribution >= 4 is 0 Å². The van der Waals surface area contributed by atoms with E-state index in [1.165, 1.54) is 0 Å². The molecule has 0 spiro atoms. The molecule has 0 amide bonds. The Kier molecular flexibility index (Phi) is 2.15. The van der Waals surface area contributed by atoms with Crippen LogP contribution < -0.4 is 0 Å². The van der Waals surface area contributed by atoms with E-state index in [4.69, 9.17) is 14.7 Å². The van der Waals surface area contributed by atoms with Gasteiger partial charge in [0.1, 0.15) is 6.10 Å². The third-order valence-corrected chi connectivity index (χ3v) is 2.10. The zero-order valence-electron chi connectivity index (χ0n) is 8.05. The number of hydrogen-bond acceptors (Lipinski definition) is 3. The van der Waals surface area contributed by atoms with Gasteiger partial charge >= 0.3 is 0 Å². The first-order valence-electron chi connectivity index (χ1n) is 4.10. The minimum absolute atomic E-state index is 0.113. The summed E-state index contributed by atoms with van der Waals surface area (Å²) in [6, 6.07) is 2.22. The molecule has 0 radical (unpaired) electrons. The molecule has 12 heavy (non-hydrogen) atoms. The van der Waals surface area contributed by atoms with Gasteiger partial charge in [-0.2, -0.15) is 5.26 Å². The highest BCUT2D eigenvalue weighted by atomic mass is 16.7. The van der Waals surface area contributed by atoms with Gasteiger partial charge in [-0.1, -0.05) is 0 Å². The van der Waals surface area contributed by atoms with E-state index in [0.717, 1.165) is 0 Å². The topological polar surface area (TPSA) is 42.2 Å². The van der Waals surface area contributed by atoms with Crippen molar-refractivity contribution in [1.82, 2.24) is 0 Å². The molecule has 1 atom stereocenters. The molecule has 0 aromatic heterocycles. The molecule has 0 bridgehead atoms. The van der Waals surface area contributed by atoms with E-state index in [1.54, 1.807) is 0 Å². The van der Waals surface area contributed by atoms with E-state index in [9.17, 15) is 0 Å². The van der Waals surface area contributed by atoms with Crippen LogP contribution in [0.2, 0.25) is 0 Å². The molecule has 0 N–H and O–H groups in total. The predicted molar refractivity (Wildman–Crippen MR) is 44.3 cm³/mol. The Hall–Kier alpha value is -0.590. The Morgan fingerprint density at radius 1 is 1.50 bits per heavy atom. The number of hydrogen-bond donors (Lipinski definition) is 0. The molecule has 1 aliphatic heterocycles. The van der Waals surface area contributed by atoms with Gasteiger partial charge in [-0.05, 0) is 27.7 Å². The Labute approximate surface area is 73.3 Å². The lowest BCUT2D eigenvalue weighted by atomic mass is 9.89. The van der Waals surface area contributed by atoms with Crippen molar-refractivity contribution in [2.75, 3.05) is 6.61 Å². The van der Waals surface area contributed by atoms with Gasteiger partial charge in [-0.3, -0.25) is 0 Å². The van der Waals surface area contributed by atoms with Crippen LogP contribution in [0.3, 0.4) is 0 Å². The van der Waals surface area contributed by atoms with Crippen molar-refractivity contribution in [2.24, 2.45) is 5.41 Å². The minimum Gasteiger partial charge on any atom is -0.348 e. The van der Waals surface area contributed by atoms with Crippen LogP contribution in [0, 0.1) is 16.7 Å². The van der Waals surface area contributed by atoms with Crippen molar-refractivity contribution in [2.45, 2.75) is 39.6 Å². The van der Waals surface area contributed by atoms with Crippen LogP contribution in [-0.2, 0) is 9.47 Å². The third-order valence-electron chi connectivity index (χ3n) is 2.10. The zero-order valence-corrected chi connectivity index (χ0v) is 8.05. The summed E-state index contributed by atoms with van der Waals surface area (Å²) in [5.74, 6) is -0.529. The molecule has 1 heterocycles. The molecule has 3 heteroatoms. The van der Waals surface area contributed by atoms with Crippen molar-refractivity contribution in [1.29, 1.82) is 5.26 Å². The maximum absolute atomic E-state index is 8.84. The standard InChI is InChI=1S/C9H15NO2/c1-8(2,6-10)7-5-11-9(3,4)12-7/h7H,5H2,1-4H3. The van der Waals surface area contributed by atoms with Gasteiger partial charge in [0.15, 0.2) is 5.79 Å². The Bertz CT molecular complexity index is 215. The molecule has 1 unspecified atom stereocenters. The second-order valence-electron chi connectivity index (χ2n) is 4.15. The lowest BCUT2D eigenvalue weighted by molar-refractivity contribution is -0.147. The maximum Gasteiger partial charge on any atom is 0.163 e. The molecule has 1 saturated heterocycles. The smallest absolute Gasteiger partial charge is 0.163 e. The van der Waals surface area contributed by atoms with E-state index >= 15 is 0 Å². The lowest BCUT2D eigenvalue weighted by Crippen LogP contribution is -2.32. The first kappa shape index (κ1) is 9.50. The third kappa shape index (κ3) is 1.77. The van der Waals surface area contributed by atoms with E-state index < -0.39 is 11.2 Å². The number of rotatable bonds is 1. The maximum atomic E-state index is 8.84. The van der Waals surface area contributed by atoms with E-state index in [2.05, 4.69) is 6.07 Å². The Morgan fingerprint density at radius 2 is 2.08 bits per heavy atom. The summed E-state index contributed by atoms with van der Waals surface area (Å²) in [6.45, 7) is 7.96. The fourth-order valence-corrected chi connectivity index (χ4v) is 1.11. The van der Waals surface area contributed by atoms with Crippen LogP contribution in [0.5, 0.6) is 0 Å². The van der Waals surface area contributed by atoms with Crippen molar-refractivity contribution in [3.05, 3.63) is 0 Å². The number of ether oxygens (including phenoxy) is 2. The molecule has 1 aliphatic rings. The molecular formula is C9H15NO2. The monoisotopic (exact) mass is 169 g/mol. The minimum atomic E-state index is -0.529. The van der Waals surface area contributed by atoms with Gasteiger partial charge in [-0.15, -0.1) is 0 Å². The van der Waals surface area contributed by atoms with E-state index in [-0.39, 0.29) is 6.10 Å². The second-order valence-corrected chi connectivity index (χ2v) is 4.15. The van der Waals surface area contributed by atoms with Gasteiger partial charge in [0.25, 0.3) is 0 Å². The molecule has 0 aromatic rings. The van der Waals surface area contributed by atoms with Gasteiger partial charge in [0, 0.05) is 0 Å². The van der Waals surface area contributed by atoms with Gasteiger partial charge in [-0.25, -0.2) is 0 Å². The lowest BCUT2D eigenvalue weighted by Gasteiger charge is -2.24. The van der Waals surface area contributed by atoms with Crippen molar-refractivity contribution < 1.29 is 9.47 Å². The quantitative estimate of drug-likeness (QED) is 0.599. The first-order valence-corrected chi connectivity index (χ1v) is 4.10. The summed E-state index contributed by atoms with van der Waals surface area (Å²) in [6.07, 6.45) is -0.113. The first-order chi connectivity index (χ1) is 5.37. The second kappa shape index (κ2) is 2.72. The molecule has 1 fully saturated rings. The van der Waals surface area contributed by atoms with Crippen molar-refractivity contribution in [3.8, 4) is 6.07 Å². The Morgan fingerprint density at radius 3 is 2.42 bits per heavy atom. The van der Waals surface area contributed by atoms with Crippen LogP contribution in [0.4, 0.5) is 0 Å². The highest BCUT2D eigenvalue weighted by molar-refractivity contribution is 4.99. The van der Waals surface area contributed by atoms with Crippen LogP contribution >= 0.6 is 0 Å². The van der Waals surface area contributed by atoms with E-state index in [1.807, 2.05) is 27.7 Å². The summed E-state index contributed by atoms with van der Waals surface area (Å²) < 4.78 is 10.9. The van der Waals surface area contributed by atoms with Crippen molar-refractivity contribution in [3.63, 3.8) is 0 Å². The zero-order chi connectivity index (χ0) is 9.41. The van der Waals surface area contributed by atoms with Gasteiger partial charge < -0.3 is 9.47 Å². The summed E-state index contributed by atoms with van der Waals surface area (Å²) in [4.78, 5) is 0. The predicted octanol–water partition coefficient (Wildman–Crippen LogP) is 1.69. The van der Waals surface area contributed by atoms with Crippen LogP contribution in [0.15, 0.2) is 0 Å².